The van der Waals surface area contributed by atoms with E-state index in [-0.39, 0.29) is 11.3 Å². The molecule has 0 saturated carbocycles. The molecule has 0 unspecified atom stereocenters. The Hall–Kier alpha value is -1.55. The van der Waals surface area contributed by atoms with Crippen molar-refractivity contribution >= 4 is 5.84 Å². The van der Waals surface area contributed by atoms with E-state index >= 15 is 0 Å². The van der Waals surface area contributed by atoms with E-state index in [9.17, 15) is 0 Å². The molecule has 0 spiro atoms. The average molecular weight is 154 g/mol. The summed E-state index contributed by atoms with van der Waals surface area (Å²) in [6.07, 6.45) is 0. The van der Waals surface area contributed by atoms with Crippen molar-refractivity contribution in [3.05, 3.63) is 35.9 Å². The highest BCUT2D eigenvalue weighted by molar-refractivity contribution is 5.96. The first-order valence-electron chi connectivity index (χ1n) is 2.87. The molecule has 4 nitrogen and oxygen atoms in total. The molecule has 0 heterocycles. The minimum atomic E-state index is 0. The van der Waals surface area contributed by atoms with Gasteiger partial charge in [-0.1, -0.05) is 35.5 Å². The van der Waals surface area contributed by atoms with Crippen LogP contribution in [0.25, 0.3) is 0 Å². The molecule has 0 fully saturated rings. The zero-order chi connectivity index (χ0) is 7.40. The van der Waals surface area contributed by atoms with Gasteiger partial charge in [-0.15, -0.1) is 0 Å². The molecule has 11 heavy (non-hydrogen) atoms. The highest BCUT2D eigenvalue weighted by Gasteiger charge is 1.93. The van der Waals surface area contributed by atoms with E-state index in [1.54, 1.807) is 12.1 Å². The van der Waals surface area contributed by atoms with Crippen LogP contribution in [-0.4, -0.2) is 16.5 Å². The van der Waals surface area contributed by atoms with E-state index in [0.717, 1.165) is 5.56 Å². The van der Waals surface area contributed by atoms with E-state index in [4.69, 9.17) is 10.9 Å². The lowest BCUT2D eigenvalue weighted by molar-refractivity contribution is 0.318. The SMILES string of the molecule is NC(=NO)c1ccccc1.O. The number of nitrogens with two attached hydrogens (primary N) is 1. The van der Waals surface area contributed by atoms with Gasteiger partial charge in [0.05, 0.1) is 0 Å². The summed E-state index contributed by atoms with van der Waals surface area (Å²) in [5, 5.41) is 11.1. The molecule has 0 aliphatic heterocycles. The van der Waals surface area contributed by atoms with Gasteiger partial charge in [-0.3, -0.25) is 0 Å². The molecule has 0 atom stereocenters. The first kappa shape index (κ1) is 9.45. The number of nitrogens with zero attached hydrogens (tertiary/aromatic N) is 1. The summed E-state index contributed by atoms with van der Waals surface area (Å²) < 4.78 is 0. The van der Waals surface area contributed by atoms with Crippen molar-refractivity contribution in [3.63, 3.8) is 0 Å². The number of rotatable bonds is 1. The minimum Gasteiger partial charge on any atom is -0.412 e. The standard InChI is InChI=1S/C7H8N2O.H2O/c8-7(9-10)6-4-2-1-3-5-6;/h1-5,10H,(H2,8,9);1H2. The second-order valence-corrected chi connectivity index (χ2v) is 1.85. The maximum Gasteiger partial charge on any atom is 0.170 e. The van der Waals surface area contributed by atoms with Crippen molar-refractivity contribution in [3.8, 4) is 0 Å². The van der Waals surface area contributed by atoms with Crippen molar-refractivity contribution in [2.24, 2.45) is 10.9 Å². The fourth-order valence-electron chi connectivity index (χ4n) is 0.667. The molecule has 1 rings (SSSR count). The number of hydrogen-bond acceptors (Lipinski definition) is 2. The van der Waals surface area contributed by atoms with Crippen LogP contribution < -0.4 is 5.73 Å². The van der Waals surface area contributed by atoms with Gasteiger partial charge in [-0.05, 0) is 0 Å². The monoisotopic (exact) mass is 154 g/mol. The average Bonchev–Trinajstić information content (AvgIpc) is 2.05. The first-order chi connectivity index (χ1) is 4.84. The molecule has 60 valence electrons. The van der Waals surface area contributed by atoms with Gasteiger partial charge < -0.3 is 16.4 Å². The Morgan fingerprint density at radius 3 is 2.27 bits per heavy atom. The molecule has 0 bridgehead atoms. The van der Waals surface area contributed by atoms with Gasteiger partial charge >= 0.3 is 0 Å². The summed E-state index contributed by atoms with van der Waals surface area (Å²) in [5.41, 5.74) is 6.02. The predicted molar refractivity (Wildman–Crippen MR) is 42.6 cm³/mol. The Morgan fingerprint density at radius 1 is 1.27 bits per heavy atom. The van der Waals surface area contributed by atoms with E-state index in [0.29, 0.717) is 0 Å². The number of benzene rings is 1. The van der Waals surface area contributed by atoms with Gasteiger partial charge in [0, 0.05) is 5.56 Å². The molecule has 0 radical (unpaired) electrons. The van der Waals surface area contributed by atoms with Crippen LogP contribution in [0.4, 0.5) is 0 Å². The van der Waals surface area contributed by atoms with Crippen LogP contribution in [0.15, 0.2) is 35.5 Å². The van der Waals surface area contributed by atoms with Gasteiger partial charge in [0.15, 0.2) is 5.84 Å². The van der Waals surface area contributed by atoms with E-state index in [2.05, 4.69) is 5.16 Å². The van der Waals surface area contributed by atoms with Crippen LogP contribution in [0.2, 0.25) is 0 Å². The van der Waals surface area contributed by atoms with Gasteiger partial charge in [0.2, 0.25) is 0 Å². The summed E-state index contributed by atoms with van der Waals surface area (Å²) in [6.45, 7) is 0. The molecule has 1 aromatic carbocycles. The molecule has 0 aromatic heterocycles. The molecule has 0 saturated heterocycles. The zero-order valence-electron chi connectivity index (χ0n) is 5.86. The second-order valence-electron chi connectivity index (χ2n) is 1.85. The van der Waals surface area contributed by atoms with E-state index in [1.807, 2.05) is 18.2 Å². The second kappa shape index (κ2) is 4.29. The third kappa shape index (κ3) is 2.27. The van der Waals surface area contributed by atoms with Crippen molar-refractivity contribution in [2.75, 3.05) is 0 Å². The Labute approximate surface area is 64.3 Å². The highest BCUT2D eigenvalue weighted by Crippen LogP contribution is 1.96. The van der Waals surface area contributed by atoms with Crippen molar-refractivity contribution in [1.29, 1.82) is 0 Å². The molecular formula is C7H10N2O2. The molecule has 5 N–H and O–H groups in total. The van der Waals surface area contributed by atoms with Crippen LogP contribution >= 0.6 is 0 Å². The summed E-state index contributed by atoms with van der Waals surface area (Å²) in [6, 6.07) is 9.07. The molecule has 4 heteroatoms. The van der Waals surface area contributed by atoms with Crippen molar-refractivity contribution in [2.45, 2.75) is 0 Å². The Kier molecular flexibility index (Phi) is 3.69. The lowest BCUT2D eigenvalue weighted by Crippen LogP contribution is -2.12. The normalized spacial score (nSPS) is 10.4. The van der Waals surface area contributed by atoms with E-state index < -0.39 is 0 Å². The smallest absolute Gasteiger partial charge is 0.170 e. The summed E-state index contributed by atoms with van der Waals surface area (Å²) in [4.78, 5) is 0. The van der Waals surface area contributed by atoms with Gasteiger partial charge in [-0.25, -0.2) is 0 Å². The molecule has 1 aromatic rings. The van der Waals surface area contributed by atoms with Gasteiger partial charge in [0.25, 0.3) is 0 Å². The third-order valence-corrected chi connectivity index (χ3v) is 1.18. The predicted octanol–water partition coefficient (Wildman–Crippen LogP) is -0.0436. The number of amidine groups is 1. The third-order valence-electron chi connectivity index (χ3n) is 1.18. The molecule has 0 aliphatic rings. The van der Waals surface area contributed by atoms with E-state index in [1.165, 1.54) is 0 Å². The highest BCUT2D eigenvalue weighted by atomic mass is 16.4. The van der Waals surface area contributed by atoms with Gasteiger partial charge in [0.1, 0.15) is 0 Å². The van der Waals surface area contributed by atoms with Gasteiger partial charge in [-0.2, -0.15) is 0 Å². The Balaban J connectivity index is 0.000001000. The fourth-order valence-corrected chi connectivity index (χ4v) is 0.667. The summed E-state index contributed by atoms with van der Waals surface area (Å²) >= 11 is 0. The van der Waals surface area contributed by atoms with Crippen LogP contribution in [-0.2, 0) is 0 Å². The quantitative estimate of drug-likeness (QED) is 0.257. The Morgan fingerprint density at radius 2 is 1.82 bits per heavy atom. The minimum absolute atomic E-state index is 0. The topological polar surface area (TPSA) is 90.1 Å². The van der Waals surface area contributed by atoms with Crippen LogP contribution in [0.1, 0.15) is 5.56 Å². The molecular weight excluding hydrogens is 144 g/mol. The Bertz CT molecular complexity index is 233. The maximum atomic E-state index is 8.25. The lowest BCUT2D eigenvalue weighted by Gasteiger charge is -1.94. The largest absolute Gasteiger partial charge is 0.412 e. The summed E-state index contributed by atoms with van der Waals surface area (Å²) in [5.74, 6) is 0.139. The number of hydrogen-bond donors (Lipinski definition) is 2. The molecule has 0 amide bonds. The summed E-state index contributed by atoms with van der Waals surface area (Å²) in [7, 11) is 0. The first-order valence-corrected chi connectivity index (χ1v) is 2.87. The zero-order valence-corrected chi connectivity index (χ0v) is 5.86. The van der Waals surface area contributed by atoms with Crippen LogP contribution in [0.5, 0.6) is 0 Å². The van der Waals surface area contributed by atoms with Crippen molar-refractivity contribution in [1.82, 2.24) is 0 Å². The lowest BCUT2D eigenvalue weighted by atomic mass is 10.2. The molecule has 0 aliphatic carbocycles. The van der Waals surface area contributed by atoms with Crippen LogP contribution in [0.3, 0.4) is 0 Å². The fraction of sp³-hybridized carbons (Fsp3) is 0. The maximum absolute atomic E-state index is 8.25. The van der Waals surface area contributed by atoms with Crippen molar-refractivity contribution < 1.29 is 10.7 Å². The van der Waals surface area contributed by atoms with Crippen LogP contribution in [0, 0.1) is 0 Å². The number of oxime groups is 1.